The Bertz CT molecular complexity index is 459. The van der Waals surface area contributed by atoms with Crippen LogP contribution in [0.3, 0.4) is 0 Å². The molecule has 0 atom stereocenters. The third-order valence-electron chi connectivity index (χ3n) is 4.13. The van der Waals surface area contributed by atoms with Crippen LogP contribution in [-0.2, 0) is 11.6 Å². The van der Waals surface area contributed by atoms with Gasteiger partial charge in [0.2, 0.25) is 0 Å². The molecule has 0 spiro atoms. The lowest BCUT2D eigenvalue weighted by atomic mass is 9.84. The molecule has 2 N–H and O–H groups in total. The van der Waals surface area contributed by atoms with Crippen LogP contribution in [0.4, 0.5) is 13.2 Å². The Kier molecular flexibility index (Phi) is 1.95. The molecule has 2 nitrogen and oxygen atoms in total. The van der Waals surface area contributed by atoms with E-state index in [0.29, 0.717) is 5.56 Å². The quantitative estimate of drug-likeness (QED) is 0.865. The zero-order valence-electron chi connectivity index (χ0n) is 9.22. The summed E-state index contributed by atoms with van der Waals surface area (Å²) in [6, 6.07) is 1.49. The number of aromatic nitrogens is 1. The molecule has 3 rings (SSSR count). The summed E-state index contributed by atoms with van der Waals surface area (Å²) in [6.07, 6.45) is 1.17. The molecule has 0 bridgehead atoms. The molecule has 1 aromatic rings. The molecule has 2 saturated carbocycles. The first kappa shape index (κ1) is 11.0. The summed E-state index contributed by atoms with van der Waals surface area (Å²) in [7, 11) is 0. The lowest BCUT2D eigenvalue weighted by Gasteiger charge is -2.26. The highest BCUT2D eigenvalue weighted by Gasteiger charge is 2.65. The van der Waals surface area contributed by atoms with Crippen LogP contribution in [0.5, 0.6) is 0 Å². The Hall–Kier alpha value is -1.10. The normalized spacial score (nSPS) is 24.5. The number of nitrogens with two attached hydrogens (primary N) is 1. The van der Waals surface area contributed by atoms with Crippen LogP contribution in [0.2, 0.25) is 0 Å². The lowest BCUT2D eigenvalue weighted by molar-refractivity contribution is -0.138. The van der Waals surface area contributed by atoms with Crippen LogP contribution in [-0.4, -0.2) is 10.5 Å². The molecule has 1 heterocycles. The summed E-state index contributed by atoms with van der Waals surface area (Å²) >= 11 is 0. The minimum Gasteiger partial charge on any atom is -0.324 e. The fraction of sp³-hybridized carbons (Fsp3) is 0.583. The summed E-state index contributed by atoms with van der Waals surface area (Å²) in [6.45, 7) is 0. The van der Waals surface area contributed by atoms with Crippen LogP contribution in [0.15, 0.2) is 18.5 Å². The van der Waals surface area contributed by atoms with Gasteiger partial charge in [-0.15, -0.1) is 0 Å². The average molecular weight is 242 g/mol. The number of rotatable bonds is 2. The minimum absolute atomic E-state index is 0.347. The van der Waals surface area contributed by atoms with Crippen LogP contribution in [0.1, 0.15) is 36.8 Å². The van der Waals surface area contributed by atoms with Crippen molar-refractivity contribution in [1.29, 1.82) is 0 Å². The third-order valence-corrected chi connectivity index (χ3v) is 4.13. The Morgan fingerprint density at radius 1 is 1.18 bits per heavy atom. The second kappa shape index (κ2) is 3.02. The largest absolute Gasteiger partial charge is 0.418 e. The number of hydrogen-bond acceptors (Lipinski definition) is 2. The van der Waals surface area contributed by atoms with E-state index < -0.39 is 22.7 Å². The van der Waals surface area contributed by atoms with Gasteiger partial charge < -0.3 is 5.73 Å². The van der Waals surface area contributed by atoms with Gasteiger partial charge in [0.1, 0.15) is 0 Å². The van der Waals surface area contributed by atoms with Crippen molar-refractivity contribution in [3.63, 3.8) is 0 Å². The number of hydrogen-bond donors (Lipinski definition) is 1. The fourth-order valence-electron chi connectivity index (χ4n) is 2.81. The number of halogens is 3. The molecule has 0 amide bonds. The minimum atomic E-state index is -4.34. The first-order chi connectivity index (χ1) is 7.89. The van der Waals surface area contributed by atoms with Gasteiger partial charge in [-0.1, -0.05) is 0 Å². The van der Waals surface area contributed by atoms with Gasteiger partial charge in [-0.25, -0.2) is 0 Å². The van der Waals surface area contributed by atoms with Crippen LogP contribution < -0.4 is 5.73 Å². The van der Waals surface area contributed by atoms with Gasteiger partial charge in [0.25, 0.3) is 0 Å². The van der Waals surface area contributed by atoms with Crippen molar-refractivity contribution in [3.05, 3.63) is 29.6 Å². The molecule has 2 aliphatic carbocycles. The second-order valence-corrected chi connectivity index (χ2v) is 5.16. The van der Waals surface area contributed by atoms with Gasteiger partial charge in [0.05, 0.1) is 5.56 Å². The molecule has 5 heteroatoms. The highest BCUT2D eigenvalue weighted by atomic mass is 19.4. The van der Waals surface area contributed by atoms with Crippen molar-refractivity contribution in [1.82, 2.24) is 4.98 Å². The van der Waals surface area contributed by atoms with E-state index in [4.69, 9.17) is 5.73 Å². The van der Waals surface area contributed by atoms with E-state index in [1.165, 1.54) is 12.3 Å². The van der Waals surface area contributed by atoms with Crippen LogP contribution in [0, 0.1) is 0 Å². The SMILES string of the molecule is NC1(C2(c3ccncc3C(F)(F)F)CC2)CC1. The van der Waals surface area contributed by atoms with E-state index in [-0.39, 0.29) is 0 Å². The zero-order chi connectivity index (χ0) is 12.3. The van der Waals surface area contributed by atoms with Crippen molar-refractivity contribution >= 4 is 0 Å². The predicted octanol–water partition coefficient (Wildman–Crippen LogP) is 2.62. The molecule has 2 fully saturated rings. The molecule has 0 unspecified atom stereocenters. The number of pyridine rings is 1. The standard InChI is InChI=1S/C12H13F3N2/c13-12(14,15)9-7-17-6-1-8(9)10(2-3-10)11(16)4-5-11/h1,6-7H,2-5,16H2. The fourth-order valence-corrected chi connectivity index (χ4v) is 2.81. The second-order valence-electron chi connectivity index (χ2n) is 5.16. The highest BCUT2D eigenvalue weighted by Crippen LogP contribution is 2.64. The van der Waals surface area contributed by atoms with E-state index in [2.05, 4.69) is 4.98 Å². The maximum Gasteiger partial charge on any atom is 0.418 e. The van der Waals surface area contributed by atoms with Gasteiger partial charge in [0, 0.05) is 23.3 Å². The maximum atomic E-state index is 12.9. The Morgan fingerprint density at radius 2 is 1.82 bits per heavy atom. The molecule has 1 aromatic heterocycles. The smallest absolute Gasteiger partial charge is 0.324 e. The Labute approximate surface area is 97.0 Å². The molecule has 2 aliphatic rings. The Morgan fingerprint density at radius 3 is 2.29 bits per heavy atom. The van der Waals surface area contributed by atoms with E-state index in [1.807, 2.05) is 0 Å². The van der Waals surface area contributed by atoms with Gasteiger partial charge in [-0.05, 0) is 37.3 Å². The summed E-state index contributed by atoms with van der Waals surface area (Å²) in [5, 5.41) is 0. The van der Waals surface area contributed by atoms with Gasteiger partial charge in [-0.3, -0.25) is 4.98 Å². The van der Waals surface area contributed by atoms with Crippen molar-refractivity contribution in [2.75, 3.05) is 0 Å². The van der Waals surface area contributed by atoms with Crippen LogP contribution >= 0.6 is 0 Å². The molecule has 17 heavy (non-hydrogen) atoms. The zero-order valence-corrected chi connectivity index (χ0v) is 9.22. The van der Waals surface area contributed by atoms with E-state index in [9.17, 15) is 13.2 Å². The first-order valence-electron chi connectivity index (χ1n) is 5.70. The van der Waals surface area contributed by atoms with Gasteiger partial charge in [0.15, 0.2) is 0 Å². The molecule has 0 aliphatic heterocycles. The molecular weight excluding hydrogens is 229 g/mol. The van der Waals surface area contributed by atoms with Gasteiger partial charge >= 0.3 is 6.18 Å². The monoisotopic (exact) mass is 242 g/mol. The van der Waals surface area contributed by atoms with Crippen molar-refractivity contribution in [3.8, 4) is 0 Å². The van der Waals surface area contributed by atoms with E-state index in [0.717, 1.165) is 31.9 Å². The highest BCUT2D eigenvalue weighted by molar-refractivity contribution is 5.45. The van der Waals surface area contributed by atoms with Crippen molar-refractivity contribution in [2.24, 2.45) is 5.73 Å². The molecule has 92 valence electrons. The van der Waals surface area contributed by atoms with Crippen LogP contribution in [0.25, 0.3) is 0 Å². The number of alkyl halides is 3. The summed E-state index contributed by atoms with van der Waals surface area (Å²) in [5.41, 5.74) is 5.02. The average Bonchev–Trinajstić information content (AvgIpc) is 3.12. The maximum absolute atomic E-state index is 12.9. The van der Waals surface area contributed by atoms with E-state index >= 15 is 0 Å². The molecule has 0 radical (unpaired) electrons. The number of nitrogens with zero attached hydrogens (tertiary/aromatic N) is 1. The molecule has 0 aromatic carbocycles. The van der Waals surface area contributed by atoms with Crippen molar-refractivity contribution < 1.29 is 13.2 Å². The summed E-state index contributed by atoms with van der Waals surface area (Å²) < 4.78 is 38.8. The lowest BCUT2D eigenvalue weighted by Crippen LogP contribution is -2.38. The third kappa shape index (κ3) is 1.48. The summed E-state index contributed by atoms with van der Waals surface area (Å²) in [4.78, 5) is 3.59. The molecular formula is C12H13F3N2. The van der Waals surface area contributed by atoms with Gasteiger partial charge in [-0.2, -0.15) is 13.2 Å². The van der Waals surface area contributed by atoms with E-state index in [1.54, 1.807) is 0 Å². The first-order valence-corrected chi connectivity index (χ1v) is 5.70. The predicted molar refractivity (Wildman–Crippen MR) is 56.3 cm³/mol. The summed E-state index contributed by atoms with van der Waals surface area (Å²) in [5.74, 6) is 0. The van der Waals surface area contributed by atoms with Crippen molar-refractivity contribution in [2.45, 2.75) is 42.8 Å². The Balaban J connectivity index is 2.10. The molecule has 0 saturated heterocycles. The topological polar surface area (TPSA) is 38.9 Å².